The summed E-state index contributed by atoms with van der Waals surface area (Å²) in [5, 5.41) is 9.51. The van der Waals surface area contributed by atoms with E-state index >= 15 is 0 Å². The zero-order valence-corrected chi connectivity index (χ0v) is 15.8. The minimum absolute atomic E-state index is 0.0780. The van der Waals surface area contributed by atoms with Crippen molar-refractivity contribution in [2.75, 3.05) is 6.54 Å². The number of hydrogen-bond donors (Lipinski definition) is 1. The number of Topliss-reactive ketones (excluding diaryl/α,β-unsaturated/α-hetero) is 1. The third kappa shape index (κ3) is 4.29. The van der Waals surface area contributed by atoms with Crippen LogP contribution in [0.25, 0.3) is 5.69 Å². The van der Waals surface area contributed by atoms with Gasteiger partial charge in [-0.05, 0) is 55.8 Å². The van der Waals surface area contributed by atoms with Gasteiger partial charge in [-0.25, -0.2) is 13.6 Å². The van der Waals surface area contributed by atoms with E-state index in [0.29, 0.717) is 16.8 Å². The predicted octanol–water partition coefficient (Wildman–Crippen LogP) is 4.37. The van der Waals surface area contributed by atoms with Crippen LogP contribution < -0.4 is 0 Å². The van der Waals surface area contributed by atoms with Gasteiger partial charge >= 0.3 is 5.97 Å². The number of aromatic carboxylic acids is 1. The first kappa shape index (κ1) is 20.1. The number of hydrogen-bond acceptors (Lipinski definition) is 3. The van der Waals surface area contributed by atoms with Gasteiger partial charge in [-0.3, -0.25) is 9.79 Å². The minimum Gasteiger partial charge on any atom is -0.478 e. The summed E-state index contributed by atoms with van der Waals surface area (Å²) in [6.07, 6.45) is 1.28. The Morgan fingerprint density at radius 2 is 1.69 bits per heavy atom. The molecule has 1 N–H and O–H groups in total. The quantitative estimate of drug-likeness (QED) is 0.497. The van der Waals surface area contributed by atoms with Crippen LogP contribution >= 0.6 is 0 Å². The Morgan fingerprint density at radius 1 is 1.00 bits per heavy atom. The van der Waals surface area contributed by atoms with Gasteiger partial charge in [0.2, 0.25) is 0 Å². The van der Waals surface area contributed by atoms with Gasteiger partial charge in [0.1, 0.15) is 6.54 Å². The average molecular weight is 396 g/mol. The Kier molecular flexibility index (Phi) is 5.68. The second-order valence-electron chi connectivity index (χ2n) is 6.56. The number of aryl methyl sites for hydroxylation is 2. The lowest BCUT2D eigenvalue weighted by molar-refractivity contribution is 0.0696. The third-order valence-corrected chi connectivity index (χ3v) is 4.48. The maximum Gasteiger partial charge on any atom is 0.337 e. The van der Waals surface area contributed by atoms with Gasteiger partial charge in [0.05, 0.1) is 11.3 Å². The Morgan fingerprint density at radius 3 is 2.31 bits per heavy atom. The third-order valence-electron chi connectivity index (χ3n) is 4.48. The van der Waals surface area contributed by atoms with Gasteiger partial charge in [0.15, 0.2) is 17.4 Å². The van der Waals surface area contributed by atoms with Gasteiger partial charge < -0.3 is 9.67 Å². The van der Waals surface area contributed by atoms with E-state index in [2.05, 4.69) is 4.99 Å². The molecule has 0 aliphatic carbocycles. The topological polar surface area (TPSA) is 71.7 Å². The smallest absolute Gasteiger partial charge is 0.337 e. The molecule has 0 aliphatic heterocycles. The normalized spacial score (nSPS) is 11.2. The highest BCUT2D eigenvalue weighted by atomic mass is 19.2. The second kappa shape index (κ2) is 8.18. The highest BCUT2D eigenvalue weighted by molar-refractivity contribution is 6.01. The molecule has 2 aromatic carbocycles. The van der Waals surface area contributed by atoms with E-state index in [4.69, 9.17) is 0 Å². The van der Waals surface area contributed by atoms with Crippen molar-refractivity contribution in [3.63, 3.8) is 0 Å². The van der Waals surface area contributed by atoms with Crippen molar-refractivity contribution in [1.29, 1.82) is 0 Å². The highest BCUT2D eigenvalue weighted by Crippen LogP contribution is 2.22. The largest absolute Gasteiger partial charge is 0.478 e. The average Bonchev–Trinajstić information content (AvgIpc) is 3.02. The van der Waals surface area contributed by atoms with Gasteiger partial charge in [-0.15, -0.1) is 0 Å². The van der Waals surface area contributed by atoms with Crippen LogP contribution in [0.15, 0.2) is 53.5 Å². The molecule has 0 aliphatic rings. The van der Waals surface area contributed by atoms with Gasteiger partial charge in [0, 0.05) is 23.2 Å². The highest BCUT2D eigenvalue weighted by Gasteiger charge is 2.17. The van der Waals surface area contributed by atoms with Crippen LogP contribution in [0.3, 0.4) is 0 Å². The van der Waals surface area contributed by atoms with E-state index in [-0.39, 0.29) is 17.9 Å². The molecular formula is C22H18F2N2O3. The first-order valence-corrected chi connectivity index (χ1v) is 8.78. The monoisotopic (exact) mass is 396 g/mol. The Hall–Kier alpha value is -3.61. The van der Waals surface area contributed by atoms with Crippen molar-refractivity contribution in [3.05, 3.63) is 88.2 Å². The number of aliphatic imine (C=N–C) groups is 1. The van der Waals surface area contributed by atoms with E-state index < -0.39 is 17.6 Å². The molecule has 1 heterocycles. The second-order valence-corrected chi connectivity index (χ2v) is 6.56. The van der Waals surface area contributed by atoms with Crippen LogP contribution in [0.5, 0.6) is 0 Å². The Bertz CT molecular complexity index is 1110. The molecule has 29 heavy (non-hydrogen) atoms. The number of carbonyl (C=O) groups is 2. The SMILES string of the molecule is Cc1ccc(C)n1-c1cc(C(=O)CN=Cc2ccc(F)c(F)c2)ccc1C(=O)O. The number of aromatic nitrogens is 1. The zero-order chi connectivity index (χ0) is 21.1. The van der Waals surface area contributed by atoms with Crippen LogP contribution in [0, 0.1) is 25.5 Å². The summed E-state index contributed by atoms with van der Waals surface area (Å²) in [7, 11) is 0. The summed E-state index contributed by atoms with van der Waals surface area (Å²) in [5.74, 6) is -3.38. The zero-order valence-electron chi connectivity index (χ0n) is 15.8. The number of nitrogens with zero attached hydrogens (tertiary/aromatic N) is 2. The number of carboxylic acid groups (broad SMARTS) is 1. The standard InChI is InChI=1S/C22H18F2N2O3/c1-13-3-4-14(2)26(13)20-10-16(6-7-17(20)22(28)29)21(27)12-25-11-15-5-8-18(23)19(24)9-15/h3-11H,12H2,1-2H3,(H,28,29). The predicted molar refractivity (Wildman–Crippen MR) is 105 cm³/mol. The molecule has 0 atom stereocenters. The summed E-state index contributed by atoms with van der Waals surface area (Å²) >= 11 is 0. The molecule has 0 fully saturated rings. The first-order valence-electron chi connectivity index (χ1n) is 8.78. The number of carbonyl (C=O) groups excluding carboxylic acids is 1. The summed E-state index contributed by atoms with van der Waals surface area (Å²) in [4.78, 5) is 28.1. The molecule has 0 bridgehead atoms. The lowest BCUT2D eigenvalue weighted by atomic mass is 10.0. The molecule has 148 valence electrons. The van der Waals surface area contributed by atoms with Crippen LogP contribution in [0.1, 0.15) is 37.7 Å². The molecule has 1 aromatic heterocycles. The molecule has 0 spiro atoms. The molecule has 7 heteroatoms. The summed E-state index contributed by atoms with van der Waals surface area (Å²) in [6.45, 7) is 3.48. The van der Waals surface area contributed by atoms with Gasteiger partial charge in [-0.1, -0.05) is 12.1 Å². The Labute approximate surface area is 165 Å². The van der Waals surface area contributed by atoms with E-state index in [9.17, 15) is 23.5 Å². The van der Waals surface area contributed by atoms with Crippen LogP contribution in [0.2, 0.25) is 0 Å². The lowest BCUT2D eigenvalue weighted by Gasteiger charge is -2.14. The number of ketones is 1. The molecule has 3 aromatic rings. The maximum absolute atomic E-state index is 13.2. The molecule has 3 rings (SSSR count). The van der Waals surface area contributed by atoms with E-state index in [1.54, 1.807) is 4.57 Å². The number of rotatable bonds is 6. The van der Waals surface area contributed by atoms with Crippen molar-refractivity contribution in [2.24, 2.45) is 4.99 Å². The van der Waals surface area contributed by atoms with Crippen molar-refractivity contribution in [3.8, 4) is 5.69 Å². The fourth-order valence-corrected chi connectivity index (χ4v) is 3.04. The number of carboxylic acids is 1. The first-order chi connectivity index (χ1) is 13.8. The molecule has 0 radical (unpaired) electrons. The molecule has 0 saturated carbocycles. The summed E-state index contributed by atoms with van der Waals surface area (Å²) in [6, 6.07) is 11.4. The molecule has 0 saturated heterocycles. The molecule has 0 unspecified atom stereocenters. The van der Waals surface area contributed by atoms with Crippen molar-refractivity contribution < 1.29 is 23.5 Å². The van der Waals surface area contributed by atoms with Crippen LogP contribution in [0.4, 0.5) is 8.78 Å². The van der Waals surface area contributed by atoms with Gasteiger partial charge in [0.25, 0.3) is 0 Å². The Balaban J connectivity index is 1.87. The lowest BCUT2D eigenvalue weighted by Crippen LogP contribution is -2.11. The minimum atomic E-state index is -1.09. The van der Waals surface area contributed by atoms with E-state index in [1.165, 1.54) is 30.5 Å². The fraction of sp³-hybridized carbons (Fsp3) is 0.136. The summed E-state index contributed by atoms with van der Waals surface area (Å²) < 4.78 is 27.9. The van der Waals surface area contributed by atoms with Crippen molar-refractivity contribution in [1.82, 2.24) is 4.57 Å². The van der Waals surface area contributed by atoms with Crippen LogP contribution in [-0.4, -0.2) is 34.2 Å². The van der Waals surface area contributed by atoms with E-state index in [1.807, 2.05) is 26.0 Å². The van der Waals surface area contributed by atoms with E-state index in [0.717, 1.165) is 23.5 Å². The number of halogens is 2. The molecule has 5 nitrogen and oxygen atoms in total. The molecule has 0 amide bonds. The van der Waals surface area contributed by atoms with Crippen LogP contribution in [-0.2, 0) is 0 Å². The van der Waals surface area contributed by atoms with Crippen molar-refractivity contribution in [2.45, 2.75) is 13.8 Å². The number of benzene rings is 2. The van der Waals surface area contributed by atoms with Gasteiger partial charge in [-0.2, -0.15) is 0 Å². The summed E-state index contributed by atoms with van der Waals surface area (Å²) in [5.41, 5.74) is 2.79. The fourth-order valence-electron chi connectivity index (χ4n) is 3.04. The maximum atomic E-state index is 13.2. The van der Waals surface area contributed by atoms with Crippen molar-refractivity contribution >= 4 is 18.0 Å². The molecular weight excluding hydrogens is 378 g/mol.